The molecule has 28 nitrogen and oxygen atoms in total. The topological polar surface area (TPSA) is 378 Å². The van der Waals surface area contributed by atoms with Crippen LogP contribution in [0, 0.1) is 11.8 Å². The highest BCUT2D eigenvalue weighted by Gasteiger charge is 2.34. The first-order valence-corrected chi connectivity index (χ1v) is 34.3. The zero-order valence-electron chi connectivity index (χ0n) is 58.6. The summed E-state index contributed by atoms with van der Waals surface area (Å²) in [6, 6.07) is 32.0. The zero-order chi connectivity index (χ0) is 72.7. The van der Waals surface area contributed by atoms with Gasteiger partial charge in [-0.25, -0.2) is 31.4 Å². The van der Waals surface area contributed by atoms with Gasteiger partial charge in [0.2, 0.25) is 11.8 Å². The molecule has 0 bridgehead atoms. The van der Waals surface area contributed by atoms with E-state index in [1.54, 1.807) is 75.9 Å². The second-order valence-corrected chi connectivity index (χ2v) is 24.9. The molecular weight excluding hydrogens is 1300 g/mol. The molecule has 5 aromatic carbocycles. The van der Waals surface area contributed by atoms with E-state index in [0.717, 1.165) is 120 Å². The minimum absolute atomic E-state index is 0.129. The predicted octanol–water partition coefficient (Wildman–Crippen LogP) is 9.99. The normalized spacial score (nSPS) is 13.2. The second kappa shape index (κ2) is 33.7. The van der Waals surface area contributed by atoms with E-state index < -0.39 is 11.8 Å². The van der Waals surface area contributed by atoms with Gasteiger partial charge in [0.15, 0.2) is 16.6 Å². The summed E-state index contributed by atoms with van der Waals surface area (Å²) in [7, 11) is 5.26. The molecule has 102 heavy (non-hydrogen) atoms. The molecule has 0 aliphatic heterocycles. The third kappa shape index (κ3) is 16.9. The summed E-state index contributed by atoms with van der Waals surface area (Å²) >= 11 is 0. The summed E-state index contributed by atoms with van der Waals surface area (Å²) in [4.78, 5) is 96.2. The lowest BCUT2D eigenvalue weighted by Crippen LogP contribution is -2.38. The van der Waals surface area contributed by atoms with Crippen LogP contribution in [0.2, 0.25) is 0 Å². The number of anilines is 2. The Labute approximate surface area is 586 Å². The maximum Gasteiger partial charge on any atom is 0.277 e. The number of rotatable bonds is 26. The van der Waals surface area contributed by atoms with Gasteiger partial charge < -0.3 is 34.5 Å². The third-order valence-electron chi connectivity index (χ3n) is 17.5. The number of aryl methyl sites for hydroxylation is 7. The summed E-state index contributed by atoms with van der Waals surface area (Å²) in [5.74, 6) is 2.15. The van der Waals surface area contributed by atoms with Gasteiger partial charge in [0.1, 0.15) is 51.3 Å². The molecule has 1 aliphatic rings. The largest absolute Gasteiger partial charge is 0.493 e. The van der Waals surface area contributed by atoms with Gasteiger partial charge in [0, 0.05) is 50.4 Å². The number of ether oxygens (including phenoxy) is 3. The van der Waals surface area contributed by atoms with Crippen LogP contribution in [0.5, 0.6) is 17.2 Å². The van der Waals surface area contributed by atoms with E-state index >= 15 is 0 Å². The van der Waals surface area contributed by atoms with Crippen LogP contribution in [0.25, 0.3) is 67.3 Å². The number of amides is 3. The lowest BCUT2D eigenvalue weighted by molar-refractivity contribution is -0.137. The highest BCUT2D eigenvalue weighted by atomic mass is 16.5. The van der Waals surface area contributed by atoms with Gasteiger partial charge in [-0.05, 0) is 167 Å². The lowest BCUT2D eigenvalue weighted by atomic mass is 9.72. The van der Waals surface area contributed by atoms with Crippen LogP contribution >= 0.6 is 0 Å². The smallest absolute Gasteiger partial charge is 0.277 e. The first-order chi connectivity index (χ1) is 49.3. The van der Waals surface area contributed by atoms with Gasteiger partial charge in [-0.1, -0.05) is 76.4 Å². The number of hydroxylamine groups is 3. The van der Waals surface area contributed by atoms with Crippen molar-refractivity contribution < 1.29 is 44.2 Å². The highest BCUT2D eigenvalue weighted by molar-refractivity contribution is 5.94. The number of nitrogens with one attached hydrogen (secondary N) is 7. The van der Waals surface area contributed by atoms with Crippen LogP contribution < -0.4 is 52.6 Å². The molecule has 1 fully saturated rings. The average molecular weight is 1390 g/mol. The predicted molar refractivity (Wildman–Crippen MR) is 386 cm³/mol. The Bertz CT molecular complexity index is 4990. The van der Waals surface area contributed by atoms with E-state index in [1.165, 1.54) is 0 Å². The average Bonchev–Trinajstić information content (AvgIpc) is 1.58. The standard InChI is InChI=1S/C27H31N5O4.C24H26N6O4.C23H29N5O4/c1-4-6-21-24-25(32(3)30-21)27(34)29-26(28-24)20-16-19(11-13-22(20)36-5-2)15-18-9-7-17(8-10-18)12-14-23(33)31-35;1-4-6-18-20-21(30(3)28-18)24(32)27-22(26-20)17-13-16(11-12-19(17)34-5-2)25-15-9-7-14(8-10-15)23(31)29-33;1-4-6-17-19-20(28(3)26-17)23(30)25-21(24-19)16-12-13(7-8-18(16)32-5-2)9-14-10-15(11-14)22(29)27-31/h7-11,13,16,35H,4-6,12,14-15H2,1-3H3,(H,31,33)(H,28,29,34);7-13,25,33H,4-6H2,1-3H3,(H,29,31)(H,26,27,32);7-8,12,14-15,31H,4-6,9-11H2,1-3H3,(H,27,29)(H,24,25,30). The van der Waals surface area contributed by atoms with Crippen molar-refractivity contribution in [2.45, 2.75) is 119 Å². The number of carbonyl (C=O) groups excluding carboxylic acids is 3. The molecule has 0 spiro atoms. The van der Waals surface area contributed by atoms with Gasteiger partial charge >= 0.3 is 0 Å². The van der Waals surface area contributed by atoms with Crippen molar-refractivity contribution in [1.29, 1.82) is 0 Å². The highest BCUT2D eigenvalue weighted by Crippen LogP contribution is 2.39. The molecular formula is C74H86N16O12. The molecule has 0 radical (unpaired) electrons. The van der Waals surface area contributed by atoms with E-state index in [0.29, 0.717) is 118 Å². The minimum atomic E-state index is -0.585. The Morgan fingerprint density at radius 2 is 0.902 bits per heavy atom. The van der Waals surface area contributed by atoms with Crippen LogP contribution in [0.4, 0.5) is 11.4 Å². The summed E-state index contributed by atoms with van der Waals surface area (Å²) in [6.45, 7) is 13.4. The fourth-order valence-electron chi connectivity index (χ4n) is 12.6. The monoisotopic (exact) mass is 1390 g/mol. The van der Waals surface area contributed by atoms with Gasteiger partial charge in [-0.15, -0.1) is 0 Å². The lowest BCUT2D eigenvalue weighted by Gasteiger charge is -2.33. The van der Waals surface area contributed by atoms with Crippen molar-refractivity contribution in [3.05, 3.63) is 179 Å². The molecule has 10 N–H and O–H groups in total. The van der Waals surface area contributed by atoms with Crippen molar-refractivity contribution in [3.63, 3.8) is 0 Å². The quantitative estimate of drug-likeness (QED) is 0.0178. The Morgan fingerprint density at radius 3 is 1.33 bits per heavy atom. The minimum Gasteiger partial charge on any atom is -0.493 e. The fraction of sp³-hybridized carbons (Fsp3) is 0.351. The van der Waals surface area contributed by atoms with Crippen molar-refractivity contribution in [3.8, 4) is 51.4 Å². The molecule has 3 amide bonds. The third-order valence-corrected chi connectivity index (χ3v) is 17.5. The van der Waals surface area contributed by atoms with E-state index in [2.05, 4.69) is 56.3 Å². The first kappa shape index (κ1) is 73.4. The van der Waals surface area contributed by atoms with Crippen molar-refractivity contribution >= 4 is 62.2 Å². The fourth-order valence-corrected chi connectivity index (χ4v) is 12.6. The van der Waals surface area contributed by atoms with Crippen LogP contribution in [0.15, 0.2) is 118 Å². The summed E-state index contributed by atoms with van der Waals surface area (Å²) in [5.41, 5.74) is 18.0. The number of hydrogen-bond acceptors (Lipinski definition) is 19. The summed E-state index contributed by atoms with van der Waals surface area (Å²) in [5, 5.41) is 43.0. The Kier molecular flexibility index (Phi) is 24.2. The van der Waals surface area contributed by atoms with E-state index in [-0.39, 0.29) is 34.9 Å². The molecule has 11 aromatic rings. The van der Waals surface area contributed by atoms with Crippen molar-refractivity contribution in [2.75, 3.05) is 25.1 Å². The molecule has 0 saturated heterocycles. The number of hydrogen-bond donors (Lipinski definition) is 10. The maximum atomic E-state index is 13.0. The molecule has 1 aliphatic carbocycles. The number of fused-ring (bicyclic) bond motifs is 3. The van der Waals surface area contributed by atoms with E-state index in [4.69, 9.17) is 44.8 Å². The van der Waals surface area contributed by atoms with E-state index in [9.17, 15) is 28.8 Å². The molecule has 6 aromatic heterocycles. The molecule has 6 heterocycles. The Hall–Kier alpha value is -11.4. The zero-order valence-corrected chi connectivity index (χ0v) is 58.6. The molecule has 534 valence electrons. The number of aromatic nitrogens is 12. The molecule has 28 heteroatoms. The van der Waals surface area contributed by atoms with Crippen molar-refractivity contribution in [2.24, 2.45) is 33.0 Å². The van der Waals surface area contributed by atoms with Gasteiger partial charge in [0.05, 0.1) is 53.6 Å². The SMILES string of the molecule is CCCc1nn(C)c2c(=O)[nH]c(-c3cc(CC4CC(C(=O)NO)C4)ccc3OCC)nc12.CCCc1nn(C)c2c(=O)[nH]c(-c3cc(Cc4ccc(CCC(=O)NO)cc4)ccc3OCC)nc12.CCCc1nn(C)c2c(=O)[nH]c(-c3cc(Nc4ccc(C(=O)NO)cc4)ccc3OCC)nc12. The number of benzene rings is 5. The molecule has 0 atom stereocenters. The number of nitrogens with zero attached hydrogens (tertiary/aromatic N) is 9. The van der Waals surface area contributed by atoms with Crippen LogP contribution in [-0.4, -0.2) is 112 Å². The number of H-pyrrole nitrogens is 3. The van der Waals surface area contributed by atoms with Crippen molar-refractivity contribution in [1.82, 2.24) is 75.7 Å². The molecule has 1 saturated carbocycles. The van der Waals surface area contributed by atoms with Gasteiger partial charge in [-0.2, -0.15) is 15.3 Å². The molecule has 12 rings (SSSR count). The second-order valence-electron chi connectivity index (χ2n) is 24.9. The van der Waals surface area contributed by atoms with Crippen LogP contribution in [0.3, 0.4) is 0 Å². The summed E-state index contributed by atoms with van der Waals surface area (Å²) in [6.07, 6.45) is 8.65. The number of carbonyl (C=O) groups is 3. The van der Waals surface area contributed by atoms with Crippen LogP contribution in [0.1, 0.15) is 130 Å². The Balaban J connectivity index is 0.000000165. The van der Waals surface area contributed by atoms with Gasteiger partial charge in [0.25, 0.3) is 22.6 Å². The molecule has 0 unspecified atom stereocenters. The summed E-state index contributed by atoms with van der Waals surface area (Å²) < 4.78 is 22.3. The number of aromatic amines is 3. The van der Waals surface area contributed by atoms with Gasteiger partial charge in [-0.3, -0.25) is 58.4 Å². The Morgan fingerprint density at radius 1 is 0.490 bits per heavy atom. The first-order valence-electron chi connectivity index (χ1n) is 34.3. The maximum absolute atomic E-state index is 13.0. The van der Waals surface area contributed by atoms with E-state index in [1.807, 2.05) is 99.6 Å². The van der Waals surface area contributed by atoms with Crippen LogP contribution in [-0.2, 0) is 69.3 Å².